The van der Waals surface area contributed by atoms with Crippen molar-refractivity contribution in [2.45, 2.75) is 75.7 Å². The molecule has 0 unspecified atom stereocenters. The average molecular weight is 564 g/mol. The van der Waals surface area contributed by atoms with Crippen molar-refractivity contribution in [3.63, 3.8) is 0 Å². The quantitative estimate of drug-likeness (QED) is 0.204. The molecule has 7 heteroatoms. The Morgan fingerprint density at radius 2 is 1.56 bits per heavy atom. The first-order chi connectivity index (χ1) is 18.7. The number of thiocarbonyl (C=S) groups is 1. The second-order valence-corrected chi connectivity index (χ2v) is 16.3. The van der Waals surface area contributed by atoms with Crippen LogP contribution in [0.3, 0.4) is 0 Å². The summed E-state index contributed by atoms with van der Waals surface area (Å²) >= 11 is 5.43. The van der Waals surface area contributed by atoms with E-state index in [2.05, 4.69) is 82.5 Å². The van der Waals surface area contributed by atoms with Crippen LogP contribution < -0.4 is 10.4 Å². The maximum atomic E-state index is 13.5. The van der Waals surface area contributed by atoms with Crippen LogP contribution in [0.4, 0.5) is 0 Å². The third kappa shape index (κ3) is 5.97. The van der Waals surface area contributed by atoms with E-state index in [9.17, 15) is 4.79 Å². The molecule has 2 atom stereocenters. The van der Waals surface area contributed by atoms with Crippen LogP contribution in [-0.4, -0.2) is 55.3 Å². The maximum Gasteiger partial charge on any atom is 0.266 e. The molecule has 2 aliphatic rings. The fourth-order valence-electron chi connectivity index (χ4n) is 6.12. The minimum absolute atomic E-state index is 0.0697. The van der Waals surface area contributed by atoms with Crippen molar-refractivity contribution in [1.82, 2.24) is 4.90 Å². The topological polar surface area (TPSA) is 48.0 Å². The minimum atomic E-state index is -2.65. The lowest BCUT2D eigenvalue weighted by molar-refractivity contribution is -0.133. The molecule has 2 fully saturated rings. The molecule has 0 bridgehead atoms. The van der Waals surface area contributed by atoms with E-state index in [1.807, 2.05) is 24.3 Å². The highest BCUT2D eigenvalue weighted by Gasteiger charge is 2.51. The monoisotopic (exact) mass is 563 g/mol. The zero-order valence-electron chi connectivity index (χ0n) is 23.4. The first-order valence-corrected chi connectivity index (χ1v) is 16.1. The molecule has 0 saturated carbocycles. The smallest absolute Gasteiger partial charge is 0.266 e. The fourth-order valence-corrected chi connectivity index (χ4v) is 11.1. The summed E-state index contributed by atoms with van der Waals surface area (Å²) in [6.45, 7) is 15.4. The van der Waals surface area contributed by atoms with Crippen LogP contribution in [0.25, 0.3) is 0 Å². The summed E-state index contributed by atoms with van der Waals surface area (Å²) in [5.74, 6) is -0.0697. The molecule has 0 aliphatic carbocycles. The third-order valence-corrected chi connectivity index (χ3v) is 13.2. The van der Waals surface area contributed by atoms with E-state index in [0.29, 0.717) is 26.1 Å². The van der Waals surface area contributed by atoms with Crippen molar-refractivity contribution in [1.29, 1.82) is 0 Å². The summed E-state index contributed by atoms with van der Waals surface area (Å²) in [6, 6.07) is 21.2. The van der Waals surface area contributed by atoms with Gasteiger partial charge in [0, 0.05) is 0 Å². The minimum Gasteiger partial charge on any atom is -0.468 e. The summed E-state index contributed by atoms with van der Waals surface area (Å²) in [4.78, 5) is 15.1. The van der Waals surface area contributed by atoms with Gasteiger partial charge in [-0.05, 0) is 53.3 Å². The van der Waals surface area contributed by atoms with Crippen LogP contribution in [0.2, 0.25) is 5.04 Å². The van der Waals surface area contributed by atoms with Crippen LogP contribution in [0.15, 0.2) is 86.0 Å². The largest absolute Gasteiger partial charge is 0.468 e. The first kappa shape index (κ1) is 29.4. The molecule has 2 saturated heterocycles. The van der Waals surface area contributed by atoms with Crippen LogP contribution in [0.1, 0.15) is 52.9 Å². The van der Waals surface area contributed by atoms with Gasteiger partial charge in [-0.2, -0.15) is 0 Å². The van der Waals surface area contributed by atoms with Crippen molar-refractivity contribution < 1.29 is 18.7 Å². The lowest BCUT2D eigenvalue weighted by atomic mass is 9.90. The van der Waals surface area contributed by atoms with Crippen LogP contribution >= 0.6 is 12.2 Å². The molecule has 2 aliphatic heterocycles. The summed E-state index contributed by atoms with van der Waals surface area (Å²) in [5.41, 5.74) is -0.554. The number of hydrogen-bond acceptors (Lipinski definition) is 5. The van der Waals surface area contributed by atoms with Crippen molar-refractivity contribution >= 4 is 42.0 Å². The number of benzene rings is 2. The van der Waals surface area contributed by atoms with Crippen molar-refractivity contribution in [3.8, 4) is 0 Å². The molecule has 4 rings (SSSR count). The Balaban J connectivity index is 1.48. The molecular weight excluding hydrogens is 523 g/mol. The number of amides is 1. The van der Waals surface area contributed by atoms with Crippen molar-refractivity contribution in [3.05, 3.63) is 86.0 Å². The van der Waals surface area contributed by atoms with E-state index in [4.69, 9.17) is 26.1 Å². The van der Waals surface area contributed by atoms with Gasteiger partial charge in [0.1, 0.15) is 6.61 Å². The molecule has 5 nitrogen and oxygen atoms in total. The molecule has 2 heterocycles. The number of hydrogen-bond donors (Lipinski definition) is 0. The van der Waals surface area contributed by atoms with E-state index in [1.165, 1.54) is 10.4 Å². The second-order valence-electron chi connectivity index (χ2n) is 11.6. The molecule has 39 heavy (non-hydrogen) atoms. The van der Waals surface area contributed by atoms with E-state index in [1.54, 1.807) is 4.90 Å². The van der Waals surface area contributed by atoms with Gasteiger partial charge in [-0.3, -0.25) is 9.69 Å². The van der Waals surface area contributed by atoms with Gasteiger partial charge < -0.3 is 13.9 Å². The Kier molecular flexibility index (Phi) is 9.27. The molecular formula is C32H41NO4SSi. The first-order valence-electron chi connectivity index (χ1n) is 13.8. The van der Waals surface area contributed by atoms with E-state index >= 15 is 0 Å². The molecule has 1 amide bonds. The Morgan fingerprint density at radius 3 is 2.08 bits per heavy atom. The summed E-state index contributed by atoms with van der Waals surface area (Å²) < 4.78 is 19.2. The average Bonchev–Trinajstić information content (AvgIpc) is 3.49. The van der Waals surface area contributed by atoms with Gasteiger partial charge in [0.05, 0.1) is 30.8 Å². The van der Waals surface area contributed by atoms with Crippen molar-refractivity contribution in [2.24, 2.45) is 0 Å². The zero-order valence-corrected chi connectivity index (χ0v) is 25.3. The molecule has 0 N–H and O–H groups in total. The Labute approximate surface area is 240 Å². The van der Waals surface area contributed by atoms with Gasteiger partial charge in [0.15, 0.2) is 0 Å². The molecule has 2 aromatic rings. The zero-order chi connectivity index (χ0) is 28.1. The molecule has 0 aromatic heterocycles. The maximum absolute atomic E-state index is 13.5. The van der Waals surface area contributed by atoms with Crippen LogP contribution in [0, 0.1) is 0 Å². The van der Waals surface area contributed by atoms with Crippen LogP contribution in [-0.2, 0) is 18.7 Å². The molecule has 0 radical (unpaired) electrons. The van der Waals surface area contributed by atoms with Gasteiger partial charge in [0.25, 0.3) is 13.5 Å². The number of carbonyl (C=O) groups excluding carboxylic acids is 1. The highest BCUT2D eigenvalue weighted by atomic mass is 32.1. The Bertz CT molecular complexity index is 1110. The van der Waals surface area contributed by atoms with Crippen LogP contribution in [0.5, 0.6) is 0 Å². The number of carbonyl (C=O) groups is 1. The third-order valence-electron chi connectivity index (χ3n) is 7.92. The molecule has 0 spiro atoms. The summed E-state index contributed by atoms with van der Waals surface area (Å²) in [6.07, 6.45) is 6.46. The fraction of sp³-hybridized carbons (Fsp3) is 0.438. The number of nitrogens with zero attached hydrogens (tertiary/aromatic N) is 1. The lowest BCUT2D eigenvalue weighted by Gasteiger charge is -2.43. The normalized spacial score (nSPS) is 21.0. The Morgan fingerprint density at radius 1 is 1.03 bits per heavy atom. The van der Waals surface area contributed by atoms with Gasteiger partial charge >= 0.3 is 0 Å². The van der Waals surface area contributed by atoms with E-state index in [-0.39, 0.29) is 34.7 Å². The van der Waals surface area contributed by atoms with Gasteiger partial charge in [-0.1, -0.05) is 93.6 Å². The summed E-state index contributed by atoms with van der Waals surface area (Å²) in [7, 11) is -2.65. The van der Waals surface area contributed by atoms with Gasteiger partial charge in [0.2, 0.25) is 5.91 Å². The lowest BCUT2D eigenvalue weighted by Crippen LogP contribution is -2.67. The standard InChI is InChI=1S/C32H41NO4SSi/c1-6-20-32(21-7-2)24-35-30(38)33(32)29(34)22-25-18-19-26(37-25)23-36-39(31(3,4)5,27-14-10-8-11-15-27)28-16-12-9-13-17-28/h6-17,25-26H,1-2,18-24H2,3-5H3/t25-,26-/m0/s1. The van der Waals surface area contributed by atoms with E-state index in [0.717, 1.165) is 12.8 Å². The highest BCUT2D eigenvalue weighted by Crippen LogP contribution is 2.38. The van der Waals surface area contributed by atoms with E-state index < -0.39 is 13.9 Å². The molecule has 2 aromatic carbocycles. The van der Waals surface area contributed by atoms with Crippen molar-refractivity contribution in [2.75, 3.05) is 13.2 Å². The van der Waals surface area contributed by atoms with Gasteiger partial charge in [-0.25, -0.2) is 0 Å². The molecule has 208 valence electrons. The Hall–Kier alpha value is -2.58. The summed E-state index contributed by atoms with van der Waals surface area (Å²) in [5, 5.41) is 2.62. The predicted octanol–water partition coefficient (Wildman–Crippen LogP) is 5.54. The van der Waals surface area contributed by atoms with Gasteiger partial charge in [-0.15, -0.1) is 13.2 Å². The SMILES string of the molecule is C=CCC1(CC=C)COC(=S)N1C(=O)C[C@@H]1CC[C@@H](CO[Si](c2ccccc2)(c2ccccc2)C(C)(C)C)O1. The predicted molar refractivity (Wildman–Crippen MR) is 164 cm³/mol. The number of rotatable bonds is 11. The number of ether oxygens (including phenoxy) is 2. The highest BCUT2D eigenvalue weighted by molar-refractivity contribution is 7.80. The second kappa shape index (κ2) is 12.3.